The number of nitrogens with one attached hydrogen (secondary N) is 1. The molecule has 0 bridgehead atoms. The maximum Gasteiger partial charge on any atom is 0.270 e. The van der Waals surface area contributed by atoms with Crippen molar-refractivity contribution in [3.05, 3.63) is 77.4 Å². The quantitative estimate of drug-likeness (QED) is 0.623. The Balaban J connectivity index is 1.47. The number of hydrogen-bond donors (Lipinski definition) is 1. The molecule has 0 fully saturated rings. The molecule has 3 heterocycles. The van der Waals surface area contributed by atoms with Gasteiger partial charge in [0.2, 0.25) is 5.91 Å². The third-order valence-electron chi connectivity index (χ3n) is 5.78. The molecule has 1 unspecified atom stereocenters. The zero-order valence-electron chi connectivity index (χ0n) is 18.7. The van der Waals surface area contributed by atoms with Crippen molar-refractivity contribution >= 4 is 11.8 Å². The summed E-state index contributed by atoms with van der Waals surface area (Å²) < 4.78 is 15.5. The highest BCUT2D eigenvalue weighted by atomic mass is 19.1. The lowest BCUT2D eigenvalue weighted by Crippen LogP contribution is -2.36. The van der Waals surface area contributed by atoms with Crippen LogP contribution in [0.25, 0.3) is 0 Å². The number of nitrogens with zero attached hydrogens (tertiary/aromatic N) is 5. The second kappa shape index (κ2) is 9.89. The molecule has 8 nitrogen and oxygen atoms in total. The Morgan fingerprint density at radius 3 is 2.67 bits per heavy atom. The van der Waals surface area contributed by atoms with Crippen LogP contribution in [0.5, 0.6) is 0 Å². The summed E-state index contributed by atoms with van der Waals surface area (Å²) in [6, 6.07) is 11.0. The number of hydrogen-bond acceptors (Lipinski definition) is 5. The molecule has 0 radical (unpaired) electrons. The fraction of sp³-hybridized carbons (Fsp3) is 0.375. The number of rotatable bonds is 6. The summed E-state index contributed by atoms with van der Waals surface area (Å²) in [5, 5.41) is 11.8. The van der Waals surface area contributed by atoms with Gasteiger partial charge < -0.3 is 14.8 Å². The Morgan fingerprint density at radius 1 is 1.09 bits per heavy atom. The van der Waals surface area contributed by atoms with Crippen molar-refractivity contribution in [3.8, 4) is 0 Å². The number of carbonyl (C=O) groups excluding carboxylic acids is 2. The molecule has 3 aromatic rings. The fourth-order valence-corrected chi connectivity index (χ4v) is 4.00. The van der Waals surface area contributed by atoms with Crippen LogP contribution in [0.1, 0.15) is 47.6 Å². The van der Waals surface area contributed by atoms with Gasteiger partial charge in [0.25, 0.3) is 5.91 Å². The number of halogens is 1. The van der Waals surface area contributed by atoms with Crippen molar-refractivity contribution in [2.45, 2.75) is 39.3 Å². The minimum absolute atomic E-state index is 0.0512. The number of benzene rings is 1. The van der Waals surface area contributed by atoms with Crippen LogP contribution in [0, 0.1) is 11.7 Å². The van der Waals surface area contributed by atoms with E-state index in [2.05, 4.69) is 20.5 Å². The molecule has 1 aliphatic rings. The molecule has 0 spiro atoms. The highest BCUT2D eigenvalue weighted by molar-refractivity contribution is 5.92. The highest BCUT2D eigenvalue weighted by Gasteiger charge is 2.29. The van der Waals surface area contributed by atoms with Crippen molar-refractivity contribution in [1.29, 1.82) is 0 Å². The lowest BCUT2D eigenvalue weighted by Gasteiger charge is -2.23. The zero-order valence-corrected chi connectivity index (χ0v) is 18.7. The standard InChI is InChI=1S/C24H27FN6O2/c1-16(2)22(27-24(33)19-8-3-4-10-26-19)23-29-28-20-9-11-30(12-13-31(20)23)21(32)15-17-6-5-7-18(25)14-17/h3-8,10,14,16,22H,9,11-13,15H2,1-2H3,(H,27,33). The molecule has 1 aromatic carbocycles. The van der Waals surface area contributed by atoms with Crippen LogP contribution < -0.4 is 5.32 Å². The minimum Gasteiger partial charge on any atom is -0.340 e. The maximum atomic E-state index is 13.5. The van der Waals surface area contributed by atoms with E-state index >= 15 is 0 Å². The summed E-state index contributed by atoms with van der Waals surface area (Å²) in [7, 11) is 0. The van der Waals surface area contributed by atoms with E-state index in [1.54, 1.807) is 41.4 Å². The van der Waals surface area contributed by atoms with Crippen LogP contribution in [0.3, 0.4) is 0 Å². The summed E-state index contributed by atoms with van der Waals surface area (Å²) in [5.41, 5.74) is 0.995. The molecule has 33 heavy (non-hydrogen) atoms. The van der Waals surface area contributed by atoms with Gasteiger partial charge in [0.1, 0.15) is 17.3 Å². The number of aromatic nitrogens is 4. The summed E-state index contributed by atoms with van der Waals surface area (Å²) in [6.07, 6.45) is 2.29. The number of fused-ring (bicyclic) bond motifs is 1. The first-order chi connectivity index (χ1) is 15.9. The minimum atomic E-state index is -0.352. The number of pyridine rings is 1. The van der Waals surface area contributed by atoms with E-state index in [0.29, 0.717) is 43.1 Å². The van der Waals surface area contributed by atoms with Crippen LogP contribution in [0.15, 0.2) is 48.7 Å². The van der Waals surface area contributed by atoms with Crippen LogP contribution in [0.2, 0.25) is 0 Å². The zero-order chi connectivity index (χ0) is 23.4. The first-order valence-electron chi connectivity index (χ1n) is 11.1. The average molecular weight is 451 g/mol. The molecule has 0 saturated heterocycles. The normalized spacial score (nSPS) is 14.5. The van der Waals surface area contributed by atoms with Crippen LogP contribution >= 0.6 is 0 Å². The van der Waals surface area contributed by atoms with E-state index in [4.69, 9.17) is 0 Å². The molecule has 2 aromatic heterocycles. The van der Waals surface area contributed by atoms with Gasteiger partial charge in [-0.25, -0.2) is 4.39 Å². The maximum absolute atomic E-state index is 13.5. The first-order valence-corrected chi connectivity index (χ1v) is 11.1. The first kappa shape index (κ1) is 22.6. The molecular formula is C24H27FN6O2. The Hall–Kier alpha value is -3.62. The molecule has 0 aliphatic carbocycles. The third kappa shape index (κ3) is 5.24. The molecule has 1 atom stereocenters. The van der Waals surface area contributed by atoms with Gasteiger partial charge >= 0.3 is 0 Å². The second-order valence-corrected chi connectivity index (χ2v) is 8.47. The third-order valence-corrected chi connectivity index (χ3v) is 5.78. The molecule has 1 aliphatic heterocycles. The smallest absolute Gasteiger partial charge is 0.270 e. The van der Waals surface area contributed by atoms with Crippen LogP contribution in [-0.4, -0.2) is 49.6 Å². The summed E-state index contributed by atoms with van der Waals surface area (Å²) in [6.45, 7) is 5.55. The van der Waals surface area contributed by atoms with E-state index < -0.39 is 0 Å². The van der Waals surface area contributed by atoms with Gasteiger partial charge in [-0.2, -0.15) is 0 Å². The van der Waals surface area contributed by atoms with Crippen molar-refractivity contribution in [2.75, 3.05) is 13.1 Å². The predicted molar refractivity (Wildman–Crippen MR) is 120 cm³/mol. The molecule has 0 saturated carbocycles. The van der Waals surface area contributed by atoms with E-state index in [1.165, 1.54) is 12.1 Å². The topological polar surface area (TPSA) is 93.0 Å². The second-order valence-electron chi connectivity index (χ2n) is 8.47. The van der Waals surface area contributed by atoms with Crippen LogP contribution in [0.4, 0.5) is 4.39 Å². The molecule has 2 amide bonds. The van der Waals surface area contributed by atoms with Crippen molar-refractivity contribution in [1.82, 2.24) is 30.0 Å². The molecule has 4 rings (SSSR count). The Bertz CT molecular complexity index is 1130. The SMILES string of the molecule is CC(C)C(NC(=O)c1ccccn1)c1nnc2n1CCN(C(=O)Cc1cccc(F)c1)CC2. The average Bonchev–Trinajstić information content (AvgIpc) is 3.07. The van der Waals surface area contributed by atoms with Gasteiger partial charge in [-0.15, -0.1) is 10.2 Å². The van der Waals surface area contributed by atoms with Gasteiger partial charge in [-0.1, -0.05) is 32.0 Å². The number of amides is 2. The fourth-order valence-electron chi connectivity index (χ4n) is 4.00. The van der Waals surface area contributed by atoms with Crippen molar-refractivity contribution < 1.29 is 14.0 Å². The Morgan fingerprint density at radius 2 is 1.94 bits per heavy atom. The van der Waals surface area contributed by atoms with E-state index in [0.717, 1.165) is 5.82 Å². The van der Waals surface area contributed by atoms with Gasteiger partial charge in [-0.05, 0) is 35.7 Å². The predicted octanol–water partition coefficient (Wildman–Crippen LogP) is 2.57. The van der Waals surface area contributed by atoms with E-state index in [1.807, 2.05) is 18.4 Å². The number of carbonyl (C=O) groups is 2. The van der Waals surface area contributed by atoms with Crippen molar-refractivity contribution in [2.24, 2.45) is 5.92 Å². The lowest BCUT2D eigenvalue weighted by molar-refractivity contribution is -0.130. The van der Waals surface area contributed by atoms with E-state index in [9.17, 15) is 14.0 Å². The molecule has 1 N–H and O–H groups in total. The van der Waals surface area contributed by atoms with Gasteiger partial charge in [-0.3, -0.25) is 14.6 Å². The highest BCUT2D eigenvalue weighted by Crippen LogP contribution is 2.23. The van der Waals surface area contributed by atoms with Gasteiger partial charge in [0, 0.05) is 32.3 Å². The Labute approximate surface area is 191 Å². The monoisotopic (exact) mass is 450 g/mol. The summed E-state index contributed by atoms with van der Waals surface area (Å²) in [4.78, 5) is 31.4. The lowest BCUT2D eigenvalue weighted by atomic mass is 10.0. The summed E-state index contributed by atoms with van der Waals surface area (Å²) in [5.74, 6) is 0.851. The van der Waals surface area contributed by atoms with Crippen LogP contribution in [-0.2, 0) is 24.2 Å². The molecule has 172 valence electrons. The van der Waals surface area contributed by atoms with Crippen molar-refractivity contribution in [3.63, 3.8) is 0 Å². The largest absolute Gasteiger partial charge is 0.340 e. The molecule has 9 heteroatoms. The Kier molecular flexibility index (Phi) is 6.76. The van der Waals surface area contributed by atoms with Gasteiger partial charge in [0.05, 0.1) is 12.5 Å². The van der Waals surface area contributed by atoms with Gasteiger partial charge in [0.15, 0.2) is 5.82 Å². The van der Waals surface area contributed by atoms with E-state index in [-0.39, 0.29) is 36.0 Å². The summed E-state index contributed by atoms with van der Waals surface area (Å²) >= 11 is 0. The molecular weight excluding hydrogens is 423 g/mol.